The quantitative estimate of drug-likeness (QED) is 0.154. The molecule has 0 bridgehead atoms. The lowest BCUT2D eigenvalue weighted by Crippen LogP contribution is -2.05. The van der Waals surface area contributed by atoms with E-state index >= 15 is 0 Å². The Morgan fingerprint density at radius 2 is 1.86 bits per heavy atom. The van der Waals surface area contributed by atoms with E-state index in [9.17, 15) is 14.9 Å². The second-order valence-electron chi connectivity index (χ2n) is 6.16. The average Bonchev–Trinajstić information content (AvgIpc) is 3.04. The summed E-state index contributed by atoms with van der Waals surface area (Å²) in [6, 6.07) is 9.29. The molecule has 0 aliphatic carbocycles. The molecule has 7 nitrogen and oxygen atoms in total. The molecular formula is C20H16Br2N2O5. The van der Waals surface area contributed by atoms with E-state index in [1.807, 2.05) is 12.1 Å². The number of cyclic esters (lactones) is 1. The summed E-state index contributed by atoms with van der Waals surface area (Å²) >= 11 is 6.98. The van der Waals surface area contributed by atoms with Crippen LogP contribution in [0.25, 0.3) is 6.08 Å². The van der Waals surface area contributed by atoms with Crippen LogP contribution in [0.5, 0.6) is 5.75 Å². The van der Waals surface area contributed by atoms with Crippen LogP contribution in [0.4, 0.5) is 5.69 Å². The summed E-state index contributed by atoms with van der Waals surface area (Å²) in [5.74, 6) is 0.215. The molecule has 2 aromatic rings. The molecule has 0 saturated heterocycles. The summed E-state index contributed by atoms with van der Waals surface area (Å²) in [4.78, 5) is 26.7. The predicted octanol–water partition coefficient (Wildman–Crippen LogP) is 5.64. The number of rotatable bonds is 7. The summed E-state index contributed by atoms with van der Waals surface area (Å²) in [5, 5.41) is 10.8. The van der Waals surface area contributed by atoms with E-state index in [0.29, 0.717) is 17.9 Å². The first kappa shape index (κ1) is 21.2. The van der Waals surface area contributed by atoms with Crippen molar-refractivity contribution in [3.63, 3.8) is 0 Å². The van der Waals surface area contributed by atoms with Crippen molar-refractivity contribution in [1.29, 1.82) is 0 Å². The predicted molar refractivity (Wildman–Crippen MR) is 116 cm³/mol. The molecule has 0 aromatic heterocycles. The zero-order chi connectivity index (χ0) is 21.0. The van der Waals surface area contributed by atoms with Crippen LogP contribution >= 0.6 is 31.9 Å². The molecule has 0 amide bonds. The largest absolute Gasteiger partial charge is 0.491 e. The van der Waals surface area contributed by atoms with Gasteiger partial charge in [-0.3, -0.25) is 10.1 Å². The fourth-order valence-corrected chi connectivity index (χ4v) is 3.99. The highest BCUT2D eigenvalue weighted by Gasteiger charge is 2.25. The maximum Gasteiger partial charge on any atom is 0.363 e. The first-order chi connectivity index (χ1) is 13.9. The van der Waals surface area contributed by atoms with Crippen LogP contribution in [0.15, 0.2) is 56.0 Å². The van der Waals surface area contributed by atoms with Gasteiger partial charge in [-0.15, -0.1) is 0 Å². The molecule has 0 radical (unpaired) electrons. The zero-order valence-electron chi connectivity index (χ0n) is 15.4. The van der Waals surface area contributed by atoms with Crippen molar-refractivity contribution in [2.75, 3.05) is 6.61 Å². The van der Waals surface area contributed by atoms with Crippen molar-refractivity contribution in [2.45, 2.75) is 19.8 Å². The molecule has 0 atom stereocenters. The summed E-state index contributed by atoms with van der Waals surface area (Å²) in [7, 11) is 0. The van der Waals surface area contributed by atoms with Gasteiger partial charge in [-0.1, -0.05) is 13.3 Å². The van der Waals surface area contributed by atoms with E-state index in [-0.39, 0.29) is 17.3 Å². The minimum absolute atomic E-state index is 0.0506. The second-order valence-corrected chi connectivity index (χ2v) is 7.86. The van der Waals surface area contributed by atoms with Crippen molar-refractivity contribution in [1.82, 2.24) is 0 Å². The summed E-state index contributed by atoms with van der Waals surface area (Å²) in [6.07, 6.45) is 3.60. The molecule has 1 aliphatic heterocycles. The first-order valence-electron chi connectivity index (χ1n) is 8.78. The molecule has 2 aromatic carbocycles. The lowest BCUT2D eigenvalue weighted by Gasteiger charge is -2.11. The third-order valence-corrected chi connectivity index (χ3v) is 5.19. The SMILES string of the molecule is CCCCOc1c(Br)cc(/C=C2\N=C(c3ccc([N+](=O)[O-])cc3)OC2=O)cc1Br. The number of hydrogen-bond acceptors (Lipinski definition) is 6. The first-order valence-corrected chi connectivity index (χ1v) is 10.4. The molecule has 0 spiro atoms. The van der Waals surface area contributed by atoms with Crippen LogP contribution in [-0.4, -0.2) is 23.4 Å². The molecule has 0 fully saturated rings. The smallest absolute Gasteiger partial charge is 0.363 e. The third-order valence-electron chi connectivity index (χ3n) is 4.01. The van der Waals surface area contributed by atoms with Gasteiger partial charge in [0.15, 0.2) is 5.70 Å². The van der Waals surface area contributed by atoms with E-state index in [1.54, 1.807) is 6.08 Å². The maximum atomic E-state index is 12.2. The van der Waals surface area contributed by atoms with Gasteiger partial charge in [0.1, 0.15) is 5.75 Å². The number of nitro groups is 1. The van der Waals surface area contributed by atoms with Gasteiger partial charge in [0.05, 0.1) is 20.5 Å². The van der Waals surface area contributed by atoms with Gasteiger partial charge < -0.3 is 9.47 Å². The average molecular weight is 524 g/mol. The highest BCUT2D eigenvalue weighted by Crippen LogP contribution is 2.36. The molecule has 3 rings (SSSR count). The Balaban J connectivity index is 1.84. The van der Waals surface area contributed by atoms with Crippen molar-refractivity contribution in [3.8, 4) is 5.75 Å². The van der Waals surface area contributed by atoms with Gasteiger partial charge in [0.25, 0.3) is 5.69 Å². The number of ether oxygens (including phenoxy) is 2. The number of hydrogen-bond donors (Lipinski definition) is 0. The Morgan fingerprint density at radius 3 is 2.45 bits per heavy atom. The minimum atomic E-state index is -0.589. The number of halogens is 2. The number of carbonyl (C=O) groups is 1. The van der Waals surface area contributed by atoms with Crippen LogP contribution in [0, 0.1) is 10.1 Å². The second kappa shape index (κ2) is 9.32. The lowest BCUT2D eigenvalue weighted by atomic mass is 10.2. The minimum Gasteiger partial charge on any atom is -0.491 e. The van der Waals surface area contributed by atoms with Gasteiger partial charge in [0, 0.05) is 17.7 Å². The van der Waals surface area contributed by atoms with Crippen molar-refractivity contribution >= 4 is 55.5 Å². The highest BCUT2D eigenvalue weighted by atomic mass is 79.9. The Morgan fingerprint density at radius 1 is 1.21 bits per heavy atom. The maximum absolute atomic E-state index is 12.2. The molecule has 0 unspecified atom stereocenters. The van der Waals surface area contributed by atoms with Crippen molar-refractivity contribution in [3.05, 3.63) is 72.3 Å². The summed E-state index contributed by atoms with van der Waals surface area (Å²) in [5.41, 5.74) is 1.30. The summed E-state index contributed by atoms with van der Waals surface area (Å²) < 4.78 is 12.5. The van der Waals surface area contributed by atoms with E-state index in [4.69, 9.17) is 9.47 Å². The number of nitro benzene ring substituents is 1. The van der Waals surface area contributed by atoms with Gasteiger partial charge >= 0.3 is 5.97 Å². The molecule has 0 N–H and O–H groups in total. The highest BCUT2D eigenvalue weighted by molar-refractivity contribution is 9.11. The number of carbonyl (C=O) groups excluding carboxylic acids is 1. The zero-order valence-corrected chi connectivity index (χ0v) is 18.5. The van der Waals surface area contributed by atoms with Crippen LogP contribution in [0.3, 0.4) is 0 Å². The van der Waals surface area contributed by atoms with E-state index in [1.165, 1.54) is 24.3 Å². The van der Waals surface area contributed by atoms with E-state index in [0.717, 1.165) is 27.4 Å². The topological polar surface area (TPSA) is 91.0 Å². The molecular weight excluding hydrogens is 508 g/mol. The van der Waals surface area contributed by atoms with E-state index in [2.05, 4.69) is 43.8 Å². The number of non-ortho nitro benzene ring substituents is 1. The van der Waals surface area contributed by atoms with Crippen molar-refractivity contribution in [2.24, 2.45) is 4.99 Å². The Bertz CT molecular complexity index is 993. The number of esters is 1. The Kier molecular flexibility index (Phi) is 6.81. The number of aliphatic imine (C=N–C) groups is 1. The molecule has 9 heteroatoms. The van der Waals surface area contributed by atoms with Crippen LogP contribution in [-0.2, 0) is 9.53 Å². The monoisotopic (exact) mass is 522 g/mol. The standard InChI is InChI=1S/C20H16Br2N2O5/c1-2-3-8-28-18-15(21)9-12(10-16(18)22)11-17-20(25)29-19(23-17)13-4-6-14(7-5-13)24(26)27/h4-7,9-11H,2-3,8H2,1H3/b17-11-. The number of unbranched alkanes of at least 4 members (excludes halogenated alkanes) is 1. The normalized spacial score (nSPS) is 14.7. The Labute approximate surface area is 183 Å². The van der Waals surface area contributed by atoms with Gasteiger partial charge in [0.2, 0.25) is 5.90 Å². The fraction of sp³-hybridized carbons (Fsp3) is 0.200. The Hall–Kier alpha value is -2.52. The summed E-state index contributed by atoms with van der Waals surface area (Å²) in [6.45, 7) is 2.71. The molecule has 1 heterocycles. The van der Waals surface area contributed by atoms with E-state index < -0.39 is 10.9 Å². The lowest BCUT2D eigenvalue weighted by molar-refractivity contribution is -0.384. The van der Waals surface area contributed by atoms with Crippen molar-refractivity contribution < 1.29 is 19.2 Å². The molecule has 29 heavy (non-hydrogen) atoms. The number of benzene rings is 2. The molecule has 1 aliphatic rings. The number of nitrogens with zero attached hydrogens (tertiary/aromatic N) is 2. The van der Waals surface area contributed by atoms with Gasteiger partial charge in [-0.25, -0.2) is 9.79 Å². The van der Waals surface area contributed by atoms with Crippen LogP contribution in [0.2, 0.25) is 0 Å². The van der Waals surface area contributed by atoms with Gasteiger partial charge in [-0.05, 0) is 74.2 Å². The fourth-order valence-electron chi connectivity index (χ4n) is 2.54. The molecule has 0 saturated carbocycles. The van der Waals surface area contributed by atoms with Crippen LogP contribution < -0.4 is 4.74 Å². The van der Waals surface area contributed by atoms with Crippen LogP contribution in [0.1, 0.15) is 30.9 Å². The van der Waals surface area contributed by atoms with Gasteiger partial charge in [-0.2, -0.15) is 0 Å². The molecule has 150 valence electrons. The third kappa shape index (κ3) is 5.10.